The van der Waals surface area contributed by atoms with Crippen molar-refractivity contribution in [3.63, 3.8) is 0 Å². The molecule has 0 aliphatic carbocycles. The minimum absolute atomic E-state index is 0.132. The first-order valence-corrected chi connectivity index (χ1v) is 16.7. The van der Waals surface area contributed by atoms with Crippen LogP contribution in [0.1, 0.15) is 39.2 Å². The number of methoxy groups -OCH3 is 2. The maximum absolute atomic E-state index is 14.2. The zero-order chi connectivity index (χ0) is 33.1. The molecular weight excluding hydrogens is 641 g/mol. The lowest BCUT2D eigenvalue weighted by atomic mass is 10.1. The van der Waals surface area contributed by atoms with Crippen LogP contribution in [0.3, 0.4) is 0 Å². The number of anilines is 1. The molecule has 2 amide bonds. The van der Waals surface area contributed by atoms with Crippen molar-refractivity contribution >= 4 is 50.7 Å². The van der Waals surface area contributed by atoms with Crippen LogP contribution in [0, 0.1) is 0 Å². The molecule has 0 fully saturated rings. The van der Waals surface area contributed by atoms with Gasteiger partial charge in [-0.1, -0.05) is 42.6 Å². The number of sulfonamides is 1. The Hall–Kier alpha value is -3.67. The van der Waals surface area contributed by atoms with Crippen molar-refractivity contribution in [2.75, 3.05) is 38.2 Å². The number of unbranched alkanes of at least 4 members (excludes halogenated alkanes) is 1. The molecule has 0 radical (unpaired) electrons. The van der Waals surface area contributed by atoms with Crippen LogP contribution >= 0.6 is 23.2 Å². The van der Waals surface area contributed by atoms with E-state index in [0.29, 0.717) is 40.3 Å². The number of nitrogens with zero attached hydrogens (tertiary/aromatic N) is 2. The van der Waals surface area contributed by atoms with Gasteiger partial charge in [0.1, 0.15) is 18.3 Å². The molecule has 10 nitrogen and oxygen atoms in total. The van der Waals surface area contributed by atoms with E-state index in [2.05, 4.69) is 5.32 Å². The highest BCUT2D eigenvalue weighted by Crippen LogP contribution is 2.33. The molecule has 1 atom stereocenters. The Morgan fingerprint density at radius 2 is 1.58 bits per heavy atom. The van der Waals surface area contributed by atoms with E-state index in [1.165, 1.54) is 37.3 Å². The quantitative estimate of drug-likeness (QED) is 0.186. The average Bonchev–Trinajstić information content (AvgIpc) is 3.03. The van der Waals surface area contributed by atoms with Crippen LogP contribution < -0.4 is 23.8 Å². The third-order valence-electron chi connectivity index (χ3n) is 7.04. The van der Waals surface area contributed by atoms with Gasteiger partial charge in [-0.15, -0.1) is 0 Å². The highest BCUT2D eigenvalue weighted by Gasteiger charge is 2.33. The zero-order valence-electron chi connectivity index (χ0n) is 26.0. The van der Waals surface area contributed by atoms with Crippen LogP contribution in [0.5, 0.6) is 17.2 Å². The molecule has 244 valence electrons. The summed E-state index contributed by atoms with van der Waals surface area (Å²) in [6, 6.07) is 14.4. The molecule has 0 aliphatic heterocycles. The molecule has 0 saturated heterocycles. The summed E-state index contributed by atoms with van der Waals surface area (Å²) in [6.07, 6.45) is 1.63. The summed E-state index contributed by atoms with van der Waals surface area (Å²) in [4.78, 5) is 28.5. The highest BCUT2D eigenvalue weighted by molar-refractivity contribution is 7.92. The molecule has 3 aromatic carbocycles. The van der Waals surface area contributed by atoms with Crippen LogP contribution in [0.25, 0.3) is 0 Å². The molecule has 45 heavy (non-hydrogen) atoms. The van der Waals surface area contributed by atoms with Crippen LogP contribution in [-0.4, -0.2) is 65.1 Å². The zero-order valence-corrected chi connectivity index (χ0v) is 28.3. The van der Waals surface area contributed by atoms with Crippen molar-refractivity contribution in [3.05, 3.63) is 76.3 Å². The lowest BCUT2D eigenvalue weighted by Gasteiger charge is -2.32. The van der Waals surface area contributed by atoms with E-state index in [1.807, 2.05) is 13.8 Å². The van der Waals surface area contributed by atoms with E-state index in [1.54, 1.807) is 49.4 Å². The Labute approximate surface area is 275 Å². The van der Waals surface area contributed by atoms with Crippen molar-refractivity contribution in [3.8, 4) is 17.2 Å². The summed E-state index contributed by atoms with van der Waals surface area (Å²) in [5.74, 6) is 0.0237. The summed E-state index contributed by atoms with van der Waals surface area (Å²) >= 11 is 12.9. The smallest absolute Gasteiger partial charge is 0.264 e. The topological polar surface area (TPSA) is 114 Å². The van der Waals surface area contributed by atoms with Crippen molar-refractivity contribution in [2.45, 2.75) is 51.1 Å². The van der Waals surface area contributed by atoms with Crippen LogP contribution in [0.2, 0.25) is 10.0 Å². The van der Waals surface area contributed by atoms with Crippen LogP contribution in [0.15, 0.2) is 65.6 Å². The number of nitrogens with one attached hydrogen (secondary N) is 1. The van der Waals surface area contributed by atoms with Gasteiger partial charge in [-0.2, -0.15) is 0 Å². The third-order valence-corrected chi connectivity index (χ3v) is 9.52. The first-order valence-electron chi connectivity index (χ1n) is 14.5. The summed E-state index contributed by atoms with van der Waals surface area (Å²) in [5, 5.41) is 3.46. The van der Waals surface area contributed by atoms with Gasteiger partial charge in [-0.3, -0.25) is 13.9 Å². The number of amides is 2. The fraction of sp³-hybridized carbons (Fsp3) is 0.375. The number of ether oxygens (including phenoxy) is 3. The predicted molar refractivity (Wildman–Crippen MR) is 176 cm³/mol. The second-order valence-electron chi connectivity index (χ2n) is 10.00. The summed E-state index contributed by atoms with van der Waals surface area (Å²) in [5.41, 5.74) is 0.634. The van der Waals surface area contributed by atoms with Crippen LogP contribution in [-0.2, 0) is 26.2 Å². The SMILES string of the molecule is CCCCNC(=O)[C@H](C)N(Cc1c(Cl)cccc1Cl)C(=O)CN(c1ccc(OCC)cc1)S(=O)(=O)c1ccc(OC)c(OC)c1. The van der Waals surface area contributed by atoms with Gasteiger partial charge in [0, 0.05) is 34.8 Å². The second-order valence-corrected chi connectivity index (χ2v) is 12.7. The van der Waals surface area contributed by atoms with Crippen LogP contribution in [0.4, 0.5) is 5.69 Å². The maximum atomic E-state index is 14.2. The minimum Gasteiger partial charge on any atom is -0.494 e. The standard InChI is InChI=1S/C32H39Cl2N3O7S/c1-6-8-18-35-32(39)22(3)36(20-26-27(33)10-9-11-28(26)34)31(38)21-37(23-12-14-24(15-13-23)44-7-2)45(40,41)25-16-17-29(42-4)30(19-25)43-5/h9-17,19,22H,6-8,18,20-21H2,1-5H3,(H,35,39)/t22-/m0/s1. The summed E-state index contributed by atoms with van der Waals surface area (Å²) in [6.45, 7) is 5.49. The van der Waals surface area contributed by atoms with Crippen molar-refractivity contribution < 1.29 is 32.2 Å². The summed E-state index contributed by atoms with van der Waals surface area (Å²) in [7, 11) is -1.53. The maximum Gasteiger partial charge on any atom is 0.264 e. The van der Waals surface area contributed by atoms with E-state index in [0.717, 1.165) is 17.1 Å². The Balaban J connectivity index is 2.09. The first kappa shape index (κ1) is 35.8. The largest absolute Gasteiger partial charge is 0.494 e. The van der Waals surface area contributed by atoms with Gasteiger partial charge in [0.25, 0.3) is 10.0 Å². The number of hydrogen-bond donors (Lipinski definition) is 1. The van der Waals surface area contributed by atoms with Gasteiger partial charge in [-0.05, 0) is 68.8 Å². The van der Waals surface area contributed by atoms with Gasteiger partial charge < -0.3 is 24.4 Å². The van der Waals surface area contributed by atoms with E-state index in [4.69, 9.17) is 37.4 Å². The van der Waals surface area contributed by atoms with Gasteiger partial charge in [0.05, 0.1) is 31.4 Å². The number of halogens is 2. The van der Waals surface area contributed by atoms with E-state index < -0.39 is 34.4 Å². The molecule has 0 bridgehead atoms. The Bertz CT molecular complexity index is 1550. The number of rotatable bonds is 16. The lowest BCUT2D eigenvalue weighted by molar-refractivity contribution is -0.139. The second kappa shape index (κ2) is 16.6. The van der Waals surface area contributed by atoms with Gasteiger partial charge >= 0.3 is 0 Å². The normalized spacial score (nSPS) is 11.8. The van der Waals surface area contributed by atoms with Crippen molar-refractivity contribution in [1.29, 1.82) is 0 Å². The predicted octanol–water partition coefficient (Wildman–Crippen LogP) is 5.94. The number of carbonyl (C=O) groups excluding carboxylic acids is 2. The Morgan fingerprint density at radius 1 is 0.933 bits per heavy atom. The van der Waals surface area contributed by atoms with E-state index >= 15 is 0 Å². The van der Waals surface area contributed by atoms with Gasteiger partial charge in [-0.25, -0.2) is 8.42 Å². The molecule has 13 heteroatoms. The molecule has 3 aromatic rings. The molecule has 0 saturated carbocycles. The fourth-order valence-corrected chi connectivity index (χ4v) is 6.43. The molecular formula is C32H39Cl2N3O7S. The molecule has 0 unspecified atom stereocenters. The Kier molecular flexibility index (Phi) is 13.2. The molecule has 0 spiro atoms. The molecule has 0 aromatic heterocycles. The van der Waals surface area contributed by atoms with E-state index in [-0.39, 0.29) is 22.9 Å². The molecule has 1 N–H and O–H groups in total. The first-order chi connectivity index (χ1) is 21.5. The van der Waals surface area contributed by atoms with Gasteiger partial charge in [0.2, 0.25) is 11.8 Å². The molecule has 0 aliphatic rings. The number of carbonyl (C=O) groups is 2. The third kappa shape index (κ3) is 8.96. The molecule has 0 heterocycles. The monoisotopic (exact) mass is 679 g/mol. The van der Waals surface area contributed by atoms with Crippen molar-refractivity contribution in [2.24, 2.45) is 0 Å². The lowest BCUT2D eigenvalue weighted by Crippen LogP contribution is -2.51. The minimum atomic E-state index is -4.36. The molecule has 3 rings (SSSR count). The fourth-order valence-electron chi connectivity index (χ4n) is 4.48. The van der Waals surface area contributed by atoms with E-state index in [9.17, 15) is 18.0 Å². The Morgan fingerprint density at radius 3 is 2.16 bits per heavy atom. The van der Waals surface area contributed by atoms with Gasteiger partial charge in [0.15, 0.2) is 11.5 Å². The summed E-state index contributed by atoms with van der Waals surface area (Å²) < 4.78 is 45.6. The number of benzene rings is 3. The average molecular weight is 681 g/mol. The van der Waals surface area contributed by atoms with Crippen molar-refractivity contribution in [1.82, 2.24) is 10.2 Å². The number of hydrogen-bond acceptors (Lipinski definition) is 7. The highest BCUT2D eigenvalue weighted by atomic mass is 35.5.